The first-order valence-corrected chi connectivity index (χ1v) is 5.47. The van der Waals surface area contributed by atoms with Gasteiger partial charge in [-0.1, -0.05) is 6.92 Å². The molecule has 0 saturated heterocycles. The molecule has 86 valence electrons. The number of hydrogen-bond acceptors (Lipinski definition) is 3. The van der Waals surface area contributed by atoms with Crippen molar-refractivity contribution in [3.05, 3.63) is 11.9 Å². The minimum atomic E-state index is 0.209. The zero-order chi connectivity index (χ0) is 11.3. The van der Waals surface area contributed by atoms with Crippen LogP contribution in [0.4, 0.5) is 5.95 Å². The number of imidazole rings is 1. The smallest absolute Gasteiger partial charge is 0.203 e. The van der Waals surface area contributed by atoms with Crippen molar-refractivity contribution < 1.29 is 4.74 Å². The van der Waals surface area contributed by atoms with E-state index in [4.69, 9.17) is 4.74 Å². The minimum absolute atomic E-state index is 0.209. The molecule has 1 N–H and O–H groups in total. The molecule has 0 aliphatic rings. The maximum Gasteiger partial charge on any atom is 0.203 e. The van der Waals surface area contributed by atoms with Crippen LogP contribution < -0.4 is 5.32 Å². The molecule has 0 aliphatic heterocycles. The molecule has 15 heavy (non-hydrogen) atoms. The van der Waals surface area contributed by atoms with E-state index in [1.807, 2.05) is 13.1 Å². The van der Waals surface area contributed by atoms with Crippen molar-refractivity contribution in [1.82, 2.24) is 9.55 Å². The lowest BCUT2D eigenvalue weighted by atomic mass is 10.4. The lowest BCUT2D eigenvalue weighted by Crippen LogP contribution is -2.16. The fourth-order valence-electron chi connectivity index (χ4n) is 1.42. The highest BCUT2D eigenvalue weighted by atomic mass is 16.5. The largest absolute Gasteiger partial charge is 0.380 e. The molecule has 1 aromatic heterocycles. The van der Waals surface area contributed by atoms with E-state index in [0.29, 0.717) is 0 Å². The van der Waals surface area contributed by atoms with Crippen LogP contribution in [0.15, 0.2) is 6.20 Å². The van der Waals surface area contributed by atoms with Crippen LogP contribution in [0.2, 0.25) is 0 Å². The molecular weight excluding hydrogens is 190 g/mol. The zero-order valence-corrected chi connectivity index (χ0v) is 10.1. The summed E-state index contributed by atoms with van der Waals surface area (Å²) in [6.45, 7) is 8.00. The maximum absolute atomic E-state index is 5.25. The van der Waals surface area contributed by atoms with E-state index in [1.54, 1.807) is 7.11 Å². The van der Waals surface area contributed by atoms with Gasteiger partial charge in [0.2, 0.25) is 5.95 Å². The van der Waals surface area contributed by atoms with Crippen LogP contribution in [0.25, 0.3) is 0 Å². The van der Waals surface area contributed by atoms with Crippen LogP contribution in [-0.4, -0.2) is 29.3 Å². The predicted molar refractivity (Wildman–Crippen MR) is 62.2 cm³/mol. The average molecular weight is 211 g/mol. The van der Waals surface area contributed by atoms with Gasteiger partial charge < -0.3 is 14.6 Å². The Morgan fingerprint density at radius 1 is 1.60 bits per heavy atom. The molecule has 0 amide bonds. The lowest BCUT2D eigenvalue weighted by molar-refractivity contribution is 0.104. The summed E-state index contributed by atoms with van der Waals surface area (Å²) in [5, 5.41) is 3.31. The first kappa shape index (κ1) is 12.0. The third-order valence-electron chi connectivity index (χ3n) is 2.29. The molecule has 0 aliphatic carbocycles. The number of nitrogens with one attached hydrogen (secondary N) is 1. The Morgan fingerprint density at radius 2 is 2.33 bits per heavy atom. The molecule has 4 nitrogen and oxygen atoms in total. The molecule has 1 atom stereocenters. The first-order chi connectivity index (χ1) is 7.17. The molecule has 0 radical (unpaired) electrons. The van der Waals surface area contributed by atoms with Crippen LogP contribution in [-0.2, 0) is 11.3 Å². The molecule has 1 heterocycles. The van der Waals surface area contributed by atoms with Crippen molar-refractivity contribution >= 4 is 5.95 Å². The Hall–Kier alpha value is -1.03. The molecule has 1 aromatic rings. The number of nitrogens with zero attached hydrogens (tertiary/aromatic N) is 2. The van der Waals surface area contributed by atoms with E-state index >= 15 is 0 Å². The molecule has 0 spiro atoms. The lowest BCUT2D eigenvalue weighted by Gasteiger charge is -2.13. The summed E-state index contributed by atoms with van der Waals surface area (Å²) in [7, 11) is 1.73. The van der Waals surface area contributed by atoms with Gasteiger partial charge in [-0.2, -0.15) is 0 Å². The van der Waals surface area contributed by atoms with E-state index in [9.17, 15) is 0 Å². The second-order valence-electron chi connectivity index (χ2n) is 3.83. The van der Waals surface area contributed by atoms with Gasteiger partial charge in [0.05, 0.1) is 18.3 Å². The van der Waals surface area contributed by atoms with Crippen molar-refractivity contribution in [3.8, 4) is 0 Å². The van der Waals surface area contributed by atoms with Gasteiger partial charge in [0.1, 0.15) is 0 Å². The highest BCUT2D eigenvalue weighted by Gasteiger charge is 2.07. The third kappa shape index (κ3) is 3.55. The van der Waals surface area contributed by atoms with E-state index in [-0.39, 0.29) is 6.10 Å². The van der Waals surface area contributed by atoms with Gasteiger partial charge in [-0.25, -0.2) is 4.98 Å². The maximum atomic E-state index is 5.25. The molecule has 0 saturated carbocycles. The van der Waals surface area contributed by atoms with Crippen LogP contribution in [0.5, 0.6) is 0 Å². The van der Waals surface area contributed by atoms with Gasteiger partial charge in [-0.05, 0) is 20.3 Å². The Labute approximate surface area is 91.7 Å². The summed E-state index contributed by atoms with van der Waals surface area (Å²) >= 11 is 0. The molecular formula is C11H21N3O. The van der Waals surface area contributed by atoms with Crippen molar-refractivity contribution in [2.75, 3.05) is 19.0 Å². The number of rotatable bonds is 6. The monoisotopic (exact) mass is 211 g/mol. The molecule has 0 fully saturated rings. The fraction of sp³-hybridized carbons (Fsp3) is 0.727. The van der Waals surface area contributed by atoms with Gasteiger partial charge in [0.15, 0.2) is 0 Å². The Balaban J connectivity index is 2.67. The van der Waals surface area contributed by atoms with Crippen molar-refractivity contribution in [2.45, 2.75) is 39.8 Å². The van der Waals surface area contributed by atoms with Crippen molar-refractivity contribution in [3.63, 3.8) is 0 Å². The number of aryl methyl sites for hydroxylation is 1. The number of anilines is 1. The van der Waals surface area contributed by atoms with E-state index in [0.717, 1.165) is 31.2 Å². The third-order valence-corrected chi connectivity index (χ3v) is 2.29. The number of methoxy groups -OCH3 is 1. The Kier molecular flexibility index (Phi) is 4.62. The molecule has 1 rings (SSSR count). The van der Waals surface area contributed by atoms with Crippen LogP contribution in [0, 0.1) is 6.92 Å². The standard InChI is InChI=1S/C11H21N3O/c1-5-6-12-11-13-9(2)7-14(11)8-10(3)15-4/h7,10H,5-6,8H2,1-4H3,(H,12,13). The van der Waals surface area contributed by atoms with Crippen LogP contribution in [0.1, 0.15) is 26.0 Å². The summed E-state index contributed by atoms with van der Waals surface area (Å²) in [6, 6.07) is 0. The van der Waals surface area contributed by atoms with Crippen molar-refractivity contribution in [2.24, 2.45) is 0 Å². The summed E-state index contributed by atoms with van der Waals surface area (Å²) in [5.41, 5.74) is 1.04. The SMILES string of the molecule is CCCNc1nc(C)cn1CC(C)OC. The molecule has 1 unspecified atom stereocenters. The minimum Gasteiger partial charge on any atom is -0.380 e. The van der Waals surface area contributed by atoms with E-state index in [1.165, 1.54) is 0 Å². The fourth-order valence-corrected chi connectivity index (χ4v) is 1.42. The van der Waals surface area contributed by atoms with Crippen LogP contribution in [0.3, 0.4) is 0 Å². The van der Waals surface area contributed by atoms with Gasteiger partial charge >= 0.3 is 0 Å². The number of ether oxygens (including phenoxy) is 1. The summed E-state index contributed by atoms with van der Waals surface area (Å²) in [6.07, 6.45) is 3.36. The second kappa shape index (κ2) is 5.75. The topological polar surface area (TPSA) is 39.1 Å². The quantitative estimate of drug-likeness (QED) is 0.782. The summed E-state index contributed by atoms with van der Waals surface area (Å²) < 4.78 is 7.36. The normalized spacial score (nSPS) is 12.8. The van der Waals surface area contributed by atoms with Gasteiger partial charge in [-0.3, -0.25) is 0 Å². The first-order valence-electron chi connectivity index (χ1n) is 5.47. The van der Waals surface area contributed by atoms with Gasteiger partial charge in [0, 0.05) is 19.9 Å². The average Bonchev–Trinajstić information content (AvgIpc) is 2.55. The highest BCUT2D eigenvalue weighted by molar-refractivity contribution is 5.28. The highest BCUT2D eigenvalue weighted by Crippen LogP contribution is 2.10. The molecule has 4 heteroatoms. The van der Waals surface area contributed by atoms with Gasteiger partial charge in [-0.15, -0.1) is 0 Å². The van der Waals surface area contributed by atoms with E-state index < -0.39 is 0 Å². The second-order valence-corrected chi connectivity index (χ2v) is 3.83. The molecule has 0 aromatic carbocycles. The summed E-state index contributed by atoms with van der Waals surface area (Å²) in [5.74, 6) is 0.943. The summed E-state index contributed by atoms with van der Waals surface area (Å²) in [4.78, 5) is 4.43. The number of hydrogen-bond donors (Lipinski definition) is 1. The van der Waals surface area contributed by atoms with E-state index in [2.05, 4.69) is 28.7 Å². The van der Waals surface area contributed by atoms with Crippen molar-refractivity contribution in [1.29, 1.82) is 0 Å². The molecule has 0 bridgehead atoms. The predicted octanol–water partition coefficient (Wildman–Crippen LogP) is 2.05. The van der Waals surface area contributed by atoms with Gasteiger partial charge in [0.25, 0.3) is 0 Å². The van der Waals surface area contributed by atoms with Crippen LogP contribution >= 0.6 is 0 Å². The zero-order valence-electron chi connectivity index (χ0n) is 10.1. The Bertz CT molecular complexity index is 296. The number of aromatic nitrogens is 2. The Morgan fingerprint density at radius 3 is 2.93 bits per heavy atom.